The van der Waals surface area contributed by atoms with E-state index in [1.54, 1.807) is 13.3 Å². The van der Waals surface area contributed by atoms with Crippen LogP contribution in [0, 0.1) is 6.92 Å². The molecule has 0 unspecified atom stereocenters. The molecule has 0 atom stereocenters. The van der Waals surface area contributed by atoms with Crippen molar-refractivity contribution in [2.75, 3.05) is 7.11 Å². The van der Waals surface area contributed by atoms with E-state index in [9.17, 15) is 0 Å². The predicted molar refractivity (Wildman–Crippen MR) is 91.7 cm³/mol. The fraction of sp³-hybridized carbons (Fsp3) is 0.150. The number of ether oxygens (including phenoxy) is 2. The maximum atomic E-state index is 5.80. The molecule has 23 heavy (non-hydrogen) atoms. The van der Waals surface area contributed by atoms with Crippen LogP contribution in [0.4, 0.5) is 0 Å². The second kappa shape index (κ2) is 6.97. The van der Waals surface area contributed by atoms with Crippen LogP contribution < -0.4 is 9.47 Å². The highest BCUT2D eigenvalue weighted by molar-refractivity contribution is 5.63. The molecule has 0 radical (unpaired) electrons. The summed E-state index contributed by atoms with van der Waals surface area (Å²) in [5.41, 5.74) is 4.24. The highest BCUT2D eigenvalue weighted by Crippen LogP contribution is 2.23. The van der Waals surface area contributed by atoms with Gasteiger partial charge in [-0.2, -0.15) is 0 Å². The van der Waals surface area contributed by atoms with E-state index in [4.69, 9.17) is 9.47 Å². The molecule has 0 fully saturated rings. The summed E-state index contributed by atoms with van der Waals surface area (Å²) in [6, 6.07) is 20.3. The van der Waals surface area contributed by atoms with Gasteiger partial charge in [0.1, 0.15) is 18.1 Å². The summed E-state index contributed by atoms with van der Waals surface area (Å²) >= 11 is 0. The van der Waals surface area contributed by atoms with Crippen molar-refractivity contribution in [3.63, 3.8) is 0 Å². The lowest BCUT2D eigenvalue weighted by atomic mass is 10.1. The van der Waals surface area contributed by atoms with Gasteiger partial charge in [0.15, 0.2) is 0 Å². The van der Waals surface area contributed by atoms with E-state index in [-0.39, 0.29) is 0 Å². The minimum absolute atomic E-state index is 0.418. The number of aromatic nitrogens is 1. The van der Waals surface area contributed by atoms with Gasteiger partial charge in [-0.3, -0.25) is 4.98 Å². The molecule has 3 aromatic rings. The minimum Gasteiger partial charge on any atom is -0.496 e. The monoisotopic (exact) mass is 305 g/mol. The first-order valence-corrected chi connectivity index (χ1v) is 7.54. The Morgan fingerprint density at radius 2 is 1.61 bits per heavy atom. The van der Waals surface area contributed by atoms with E-state index in [1.165, 1.54) is 11.1 Å². The summed E-state index contributed by atoms with van der Waals surface area (Å²) in [4.78, 5) is 4.36. The Morgan fingerprint density at radius 1 is 0.913 bits per heavy atom. The Bertz CT molecular complexity index is 767. The van der Waals surface area contributed by atoms with Crippen LogP contribution in [-0.4, -0.2) is 12.1 Å². The van der Waals surface area contributed by atoms with Gasteiger partial charge in [0, 0.05) is 17.8 Å². The molecule has 0 saturated carbocycles. The fourth-order valence-electron chi connectivity index (χ4n) is 2.38. The van der Waals surface area contributed by atoms with Crippen LogP contribution in [0.15, 0.2) is 66.9 Å². The van der Waals surface area contributed by atoms with Gasteiger partial charge in [-0.15, -0.1) is 0 Å². The van der Waals surface area contributed by atoms with Crippen LogP contribution in [0.25, 0.3) is 11.1 Å². The fourth-order valence-corrected chi connectivity index (χ4v) is 2.38. The van der Waals surface area contributed by atoms with Crippen molar-refractivity contribution < 1.29 is 9.47 Å². The van der Waals surface area contributed by atoms with Crippen LogP contribution in [0.2, 0.25) is 0 Å². The van der Waals surface area contributed by atoms with Crippen molar-refractivity contribution in [2.24, 2.45) is 0 Å². The lowest BCUT2D eigenvalue weighted by molar-refractivity contribution is 0.300. The topological polar surface area (TPSA) is 31.4 Å². The molecule has 0 aliphatic heterocycles. The second-order valence-electron chi connectivity index (χ2n) is 5.32. The van der Waals surface area contributed by atoms with Crippen molar-refractivity contribution in [3.05, 3.63) is 78.1 Å². The summed E-state index contributed by atoms with van der Waals surface area (Å²) in [5.74, 6) is 1.66. The summed E-state index contributed by atoms with van der Waals surface area (Å²) in [6.07, 6.45) is 1.80. The highest BCUT2D eigenvalue weighted by atomic mass is 16.5. The molecule has 2 aromatic carbocycles. The van der Waals surface area contributed by atoms with Gasteiger partial charge in [0.2, 0.25) is 0 Å². The average Bonchev–Trinajstić information content (AvgIpc) is 2.62. The minimum atomic E-state index is 0.418. The van der Waals surface area contributed by atoms with Gasteiger partial charge in [0.05, 0.1) is 12.8 Å². The Hall–Kier alpha value is -2.81. The van der Waals surface area contributed by atoms with E-state index in [0.717, 1.165) is 22.8 Å². The molecule has 3 rings (SSSR count). The first kappa shape index (κ1) is 15.1. The van der Waals surface area contributed by atoms with Crippen LogP contribution in [0.3, 0.4) is 0 Å². The number of rotatable bonds is 5. The smallest absolute Gasteiger partial charge is 0.130 e. The quantitative estimate of drug-likeness (QED) is 0.688. The third-order valence-electron chi connectivity index (χ3n) is 3.68. The molecule has 0 N–H and O–H groups in total. The Balaban J connectivity index is 1.67. The van der Waals surface area contributed by atoms with E-state index in [2.05, 4.69) is 29.2 Å². The zero-order valence-corrected chi connectivity index (χ0v) is 13.3. The predicted octanol–water partition coefficient (Wildman–Crippen LogP) is 4.64. The van der Waals surface area contributed by atoms with E-state index in [0.29, 0.717) is 6.61 Å². The molecule has 0 aliphatic rings. The van der Waals surface area contributed by atoms with Crippen LogP contribution in [0.5, 0.6) is 11.5 Å². The van der Waals surface area contributed by atoms with E-state index in [1.807, 2.05) is 43.3 Å². The van der Waals surface area contributed by atoms with Crippen LogP contribution in [0.1, 0.15) is 11.3 Å². The maximum Gasteiger partial charge on any atom is 0.130 e. The number of benzene rings is 2. The first-order chi connectivity index (χ1) is 11.3. The van der Waals surface area contributed by atoms with Gasteiger partial charge < -0.3 is 9.47 Å². The van der Waals surface area contributed by atoms with Crippen LogP contribution in [-0.2, 0) is 6.61 Å². The Labute approximate surface area is 136 Å². The third kappa shape index (κ3) is 3.69. The second-order valence-corrected chi connectivity index (χ2v) is 5.32. The van der Waals surface area contributed by atoms with Gasteiger partial charge >= 0.3 is 0 Å². The normalized spacial score (nSPS) is 10.3. The van der Waals surface area contributed by atoms with Gasteiger partial charge in [-0.05, 0) is 30.2 Å². The molecular weight excluding hydrogens is 286 g/mol. The number of methoxy groups -OCH3 is 1. The van der Waals surface area contributed by atoms with Crippen molar-refractivity contribution in [2.45, 2.75) is 13.5 Å². The van der Waals surface area contributed by atoms with Crippen molar-refractivity contribution in [1.29, 1.82) is 0 Å². The van der Waals surface area contributed by atoms with Crippen molar-refractivity contribution >= 4 is 0 Å². The third-order valence-corrected chi connectivity index (χ3v) is 3.68. The number of hydrogen-bond acceptors (Lipinski definition) is 3. The Kier molecular flexibility index (Phi) is 4.57. The molecule has 0 bridgehead atoms. The molecule has 3 heteroatoms. The molecule has 0 aliphatic carbocycles. The molecule has 0 spiro atoms. The molecule has 1 aromatic heterocycles. The maximum absolute atomic E-state index is 5.80. The molecule has 3 nitrogen and oxygen atoms in total. The zero-order valence-electron chi connectivity index (χ0n) is 13.3. The molecule has 0 amide bonds. The Morgan fingerprint density at radius 3 is 2.30 bits per heavy atom. The summed E-state index contributed by atoms with van der Waals surface area (Å²) in [6.45, 7) is 2.39. The number of nitrogens with zero attached hydrogens (tertiary/aromatic N) is 1. The summed E-state index contributed by atoms with van der Waals surface area (Å²) < 4.78 is 11.1. The molecular formula is C20H19NO2. The van der Waals surface area contributed by atoms with Gasteiger partial charge in [0.25, 0.3) is 0 Å². The highest BCUT2D eigenvalue weighted by Gasteiger charge is 2.03. The SMILES string of the molecule is COc1cc(COc2ccc(-c3ccccc3)cc2)ncc1C. The van der Waals surface area contributed by atoms with Crippen molar-refractivity contribution in [1.82, 2.24) is 4.98 Å². The first-order valence-electron chi connectivity index (χ1n) is 7.54. The largest absolute Gasteiger partial charge is 0.496 e. The summed E-state index contributed by atoms with van der Waals surface area (Å²) in [5, 5.41) is 0. The number of aryl methyl sites for hydroxylation is 1. The molecule has 0 saturated heterocycles. The van der Waals surface area contributed by atoms with Gasteiger partial charge in [-0.1, -0.05) is 42.5 Å². The van der Waals surface area contributed by atoms with E-state index >= 15 is 0 Å². The number of pyridine rings is 1. The molecule has 1 heterocycles. The van der Waals surface area contributed by atoms with Crippen LogP contribution >= 0.6 is 0 Å². The standard InChI is InChI=1S/C20H19NO2/c1-15-13-21-18(12-20(15)22-2)14-23-19-10-8-17(9-11-19)16-6-4-3-5-7-16/h3-13H,14H2,1-2H3. The van der Waals surface area contributed by atoms with E-state index < -0.39 is 0 Å². The lowest BCUT2D eigenvalue weighted by Gasteiger charge is -2.09. The molecule has 116 valence electrons. The van der Waals surface area contributed by atoms with Crippen molar-refractivity contribution in [3.8, 4) is 22.6 Å². The number of hydrogen-bond donors (Lipinski definition) is 0. The zero-order chi connectivity index (χ0) is 16.1. The average molecular weight is 305 g/mol. The summed E-state index contributed by atoms with van der Waals surface area (Å²) in [7, 11) is 1.66. The van der Waals surface area contributed by atoms with Gasteiger partial charge in [-0.25, -0.2) is 0 Å². The lowest BCUT2D eigenvalue weighted by Crippen LogP contribution is -2.00.